The highest BCUT2D eigenvalue weighted by Crippen LogP contribution is 2.19. The fourth-order valence-electron chi connectivity index (χ4n) is 1.88. The van der Waals surface area contributed by atoms with Crippen LogP contribution in [-0.4, -0.2) is 16.2 Å². The number of hydrogen-bond donors (Lipinski definition) is 0. The number of nitrogens with zero attached hydrogens (tertiary/aromatic N) is 1. The van der Waals surface area contributed by atoms with Crippen LogP contribution in [0.5, 0.6) is 5.75 Å². The van der Waals surface area contributed by atoms with Crippen molar-refractivity contribution in [2.24, 2.45) is 0 Å². The van der Waals surface area contributed by atoms with E-state index in [1.807, 2.05) is 12.1 Å². The van der Waals surface area contributed by atoms with Gasteiger partial charge in [-0.1, -0.05) is 24.3 Å². The molecule has 0 saturated heterocycles. The topological polar surface area (TPSA) is 69.4 Å². The zero-order valence-corrected chi connectivity index (χ0v) is 12.8. The molecule has 0 aliphatic heterocycles. The molecule has 0 heterocycles. The third kappa shape index (κ3) is 4.26. The van der Waals surface area contributed by atoms with Gasteiger partial charge in [0, 0.05) is 11.5 Å². The van der Waals surface area contributed by atoms with Crippen LogP contribution in [0.25, 0.3) is 6.08 Å². The van der Waals surface area contributed by atoms with E-state index in [2.05, 4.69) is 0 Å². The standard InChI is InChI=1S/C16H15NO4S/c1-21-15-8-6-13(7-9-15)12-22(20)11-10-14-4-2-3-5-16(14)17(18)19/h2-11H,12H2,1H3/b11-10+. The quantitative estimate of drug-likeness (QED) is 0.604. The van der Waals surface area contributed by atoms with Crippen LogP contribution in [0.3, 0.4) is 0 Å². The highest BCUT2D eigenvalue weighted by Gasteiger charge is 2.09. The molecule has 114 valence electrons. The van der Waals surface area contributed by atoms with E-state index in [1.54, 1.807) is 37.4 Å². The van der Waals surface area contributed by atoms with Crippen molar-refractivity contribution in [2.45, 2.75) is 5.75 Å². The molecule has 0 N–H and O–H groups in total. The second-order valence-electron chi connectivity index (χ2n) is 4.49. The Bertz CT molecular complexity index is 710. The van der Waals surface area contributed by atoms with Crippen molar-refractivity contribution in [1.82, 2.24) is 0 Å². The summed E-state index contributed by atoms with van der Waals surface area (Å²) in [6.45, 7) is 0. The smallest absolute Gasteiger partial charge is 0.276 e. The maximum atomic E-state index is 12.0. The molecule has 0 radical (unpaired) electrons. The Morgan fingerprint density at radius 2 is 1.86 bits per heavy atom. The lowest BCUT2D eigenvalue weighted by molar-refractivity contribution is -0.385. The van der Waals surface area contributed by atoms with Crippen molar-refractivity contribution in [3.63, 3.8) is 0 Å². The molecule has 22 heavy (non-hydrogen) atoms. The third-order valence-corrected chi connectivity index (χ3v) is 4.06. The predicted molar refractivity (Wildman–Crippen MR) is 87.0 cm³/mol. The van der Waals surface area contributed by atoms with Crippen LogP contribution in [0, 0.1) is 10.1 Å². The Labute approximate surface area is 130 Å². The van der Waals surface area contributed by atoms with Crippen LogP contribution < -0.4 is 4.74 Å². The van der Waals surface area contributed by atoms with Gasteiger partial charge >= 0.3 is 0 Å². The van der Waals surface area contributed by atoms with Crippen molar-refractivity contribution < 1.29 is 13.9 Å². The van der Waals surface area contributed by atoms with Crippen LogP contribution >= 0.6 is 0 Å². The molecule has 1 unspecified atom stereocenters. The van der Waals surface area contributed by atoms with E-state index in [9.17, 15) is 14.3 Å². The number of hydrogen-bond acceptors (Lipinski definition) is 4. The summed E-state index contributed by atoms with van der Waals surface area (Å²) in [5, 5.41) is 12.4. The lowest BCUT2D eigenvalue weighted by Gasteiger charge is -2.02. The summed E-state index contributed by atoms with van der Waals surface area (Å²) in [6.07, 6.45) is 1.53. The minimum Gasteiger partial charge on any atom is -0.497 e. The molecule has 2 aromatic rings. The molecule has 0 saturated carbocycles. The van der Waals surface area contributed by atoms with E-state index in [0.717, 1.165) is 11.3 Å². The average Bonchev–Trinajstić information content (AvgIpc) is 2.54. The van der Waals surface area contributed by atoms with Crippen molar-refractivity contribution >= 4 is 22.6 Å². The molecular formula is C16H15NO4S. The molecule has 0 amide bonds. The summed E-state index contributed by atoms with van der Waals surface area (Å²) in [6, 6.07) is 13.6. The summed E-state index contributed by atoms with van der Waals surface area (Å²) in [5.41, 5.74) is 1.35. The van der Waals surface area contributed by atoms with Crippen LogP contribution in [0.4, 0.5) is 5.69 Å². The summed E-state index contributed by atoms with van der Waals surface area (Å²) >= 11 is 0. The van der Waals surface area contributed by atoms with Gasteiger partial charge in [-0.3, -0.25) is 14.3 Å². The molecule has 0 fully saturated rings. The Balaban J connectivity index is 2.06. The number of para-hydroxylation sites is 1. The second kappa shape index (κ2) is 7.51. The van der Waals surface area contributed by atoms with Gasteiger partial charge in [0.1, 0.15) is 5.75 Å². The summed E-state index contributed by atoms with van der Waals surface area (Å²) in [5.74, 6) is 1.09. The maximum absolute atomic E-state index is 12.0. The second-order valence-corrected chi connectivity index (χ2v) is 5.81. The highest BCUT2D eigenvalue weighted by atomic mass is 32.2. The molecule has 0 bridgehead atoms. The molecule has 0 aliphatic rings. The Morgan fingerprint density at radius 1 is 1.18 bits per heavy atom. The largest absolute Gasteiger partial charge is 0.497 e. The first-order valence-electron chi connectivity index (χ1n) is 6.52. The molecule has 5 nitrogen and oxygen atoms in total. The number of ether oxygens (including phenoxy) is 1. The van der Waals surface area contributed by atoms with Gasteiger partial charge in [-0.2, -0.15) is 0 Å². The SMILES string of the molecule is COc1ccc(CS(=O)/C=C/c2ccccc2[N+](=O)[O-])cc1. The van der Waals surface area contributed by atoms with Crippen LogP contribution in [0.1, 0.15) is 11.1 Å². The fourth-order valence-corrected chi connectivity index (χ4v) is 2.79. The summed E-state index contributed by atoms with van der Waals surface area (Å²) in [4.78, 5) is 10.4. The van der Waals surface area contributed by atoms with Gasteiger partial charge in [0.05, 0.1) is 34.1 Å². The first kappa shape index (κ1) is 15.9. The molecule has 6 heteroatoms. The molecule has 0 spiro atoms. The summed E-state index contributed by atoms with van der Waals surface area (Å²) < 4.78 is 17.1. The normalized spacial score (nSPS) is 12.2. The highest BCUT2D eigenvalue weighted by molar-refractivity contribution is 7.87. The molecule has 0 aromatic heterocycles. The van der Waals surface area contributed by atoms with E-state index in [-0.39, 0.29) is 5.69 Å². The minimum atomic E-state index is -1.25. The Morgan fingerprint density at radius 3 is 2.50 bits per heavy atom. The molecule has 2 aromatic carbocycles. The van der Waals surface area contributed by atoms with Gasteiger partial charge in [-0.25, -0.2) is 0 Å². The lowest BCUT2D eigenvalue weighted by atomic mass is 10.2. The number of rotatable bonds is 6. The first-order valence-corrected chi connectivity index (χ1v) is 7.90. The van der Waals surface area contributed by atoms with Gasteiger partial charge in [0.2, 0.25) is 0 Å². The monoisotopic (exact) mass is 317 g/mol. The number of nitro benzene ring substituents is 1. The van der Waals surface area contributed by atoms with Crippen LogP contribution in [0.15, 0.2) is 53.9 Å². The first-order chi connectivity index (χ1) is 10.6. The van der Waals surface area contributed by atoms with Gasteiger partial charge in [-0.05, 0) is 29.8 Å². The van der Waals surface area contributed by atoms with E-state index in [1.165, 1.54) is 17.6 Å². The van der Waals surface area contributed by atoms with E-state index < -0.39 is 15.7 Å². The molecule has 1 atom stereocenters. The van der Waals surface area contributed by atoms with Gasteiger partial charge in [-0.15, -0.1) is 0 Å². The van der Waals surface area contributed by atoms with Crippen LogP contribution in [-0.2, 0) is 16.6 Å². The van der Waals surface area contributed by atoms with Crippen molar-refractivity contribution in [3.8, 4) is 5.75 Å². The van der Waals surface area contributed by atoms with Gasteiger partial charge in [0.15, 0.2) is 0 Å². The Hall–Kier alpha value is -2.47. The molecular weight excluding hydrogens is 302 g/mol. The predicted octanol–water partition coefficient (Wildman–Crippen LogP) is 3.52. The molecule has 0 aliphatic carbocycles. The lowest BCUT2D eigenvalue weighted by Crippen LogP contribution is -1.93. The number of nitro groups is 1. The van der Waals surface area contributed by atoms with Gasteiger partial charge < -0.3 is 4.74 Å². The van der Waals surface area contributed by atoms with E-state index >= 15 is 0 Å². The van der Waals surface area contributed by atoms with Crippen molar-refractivity contribution in [2.75, 3.05) is 7.11 Å². The number of methoxy groups -OCH3 is 1. The minimum absolute atomic E-state index is 0.000183. The zero-order valence-electron chi connectivity index (χ0n) is 12.0. The van der Waals surface area contributed by atoms with Gasteiger partial charge in [0.25, 0.3) is 5.69 Å². The van der Waals surface area contributed by atoms with E-state index in [0.29, 0.717) is 11.3 Å². The van der Waals surface area contributed by atoms with Crippen molar-refractivity contribution in [1.29, 1.82) is 0 Å². The fraction of sp³-hybridized carbons (Fsp3) is 0.125. The number of benzene rings is 2. The third-order valence-electron chi connectivity index (χ3n) is 3.00. The average molecular weight is 317 g/mol. The Kier molecular flexibility index (Phi) is 5.43. The zero-order chi connectivity index (χ0) is 15.9. The summed E-state index contributed by atoms with van der Waals surface area (Å²) in [7, 11) is 0.340. The van der Waals surface area contributed by atoms with E-state index in [4.69, 9.17) is 4.74 Å². The molecule has 2 rings (SSSR count). The van der Waals surface area contributed by atoms with Crippen LogP contribution in [0.2, 0.25) is 0 Å². The maximum Gasteiger partial charge on any atom is 0.276 e. The van der Waals surface area contributed by atoms with Crippen molar-refractivity contribution in [3.05, 3.63) is 75.2 Å².